The summed E-state index contributed by atoms with van der Waals surface area (Å²) in [5, 5.41) is 4.12. The van der Waals surface area contributed by atoms with E-state index in [9.17, 15) is 0 Å². The van der Waals surface area contributed by atoms with Crippen LogP contribution in [0.3, 0.4) is 0 Å². The molecule has 2 N–H and O–H groups in total. The van der Waals surface area contributed by atoms with E-state index >= 15 is 0 Å². The van der Waals surface area contributed by atoms with Crippen molar-refractivity contribution in [1.82, 2.24) is 10.1 Å². The molecule has 6 heteroatoms. The number of hydrogen-bond acceptors (Lipinski definition) is 5. The van der Waals surface area contributed by atoms with Gasteiger partial charge < -0.3 is 15.0 Å². The van der Waals surface area contributed by atoms with E-state index < -0.39 is 5.60 Å². The molecule has 5 nitrogen and oxygen atoms in total. The van der Waals surface area contributed by atoms with Crippen LogP contribution < -0.4 is 5.73 Å². The predicted octanol–water partition coefficient (Wildman–Crippen LogP) is 4.13. The van der Waals surface area contributed by atoms with Crippen LogP contribution in [-0.4, -0.2) is 16.7 Å². The van der Waals surface area contributed by atoms with E-state index in [2.05, 4.69) is 39.9 Å². The molecule has 0 atom stereocenters. The summed E-state index contributed by atoms with van der Waals surface area (Å²) in [6.45, 7) is 6.69. The standard InChI is InChI=1S/C15H20BrN3O2/c1-4-15(5-2,20-6-3)14-18-13(21-19-14)11-9-10(17)7-8-12(11)16/h7-9H,4-6,17H2,1-3H3. The summed E-state index contributed by atoms with van der Waals surface area (Å²) >= 11 is 3.48. The molecule has 0 saturated carbocycles. The van der Waals surface area contributed by atoms with Gasteiger partial charge in [0.1, 0.15) is 5.60 Å². The smallest absolute Gasteiger partial charge is 0.259 e. The van der Waals surface area contributed by atoms with E-state index in [1.165, 1.54) is 0 Å². The summed E-state index contributed by atoms with van der Waals surface area (Å²) in [6, 6.07) is 5.49. The molecule has 0 spiro atoms. The zero-order chi connectivity index (χ0) is 15.5. The molecule has 1 aromatic carbocycles. The van der Waals surface area contributed by atoms with Crippen molar-refractivity contribution in [3.63, 3.8) is 0 Å². The molecule has 2 aromatic rings. The third kappa shape index (κ3) is 3.11. The molecule has 21 heavy (non-hydrogen) atoms. The van der Waals surface area contributed by atoms with E-state index in [0.29, 0.717) is 24.0 Å². The number of nitrogens with zero attached hydrogens (tertiary/aromatic N) is 2. The van der Waals surface area contributed by atoms with Gasteiger partial charge >= 0.3 is 0 Å². The maximum Gasteiger partial charge on any atom is 0.259 e. The van der Waals surface area contributed by atoms with Crippen LogP contribution in [0, 0.1) is 0 Å². The maximum absolute atomic E-state index is 5.90. The van der Waals surface area contributed by atoms with Crippen molar-refractivity contribution in [2.75, 3.05) is 12.3 Å². The molecule has 0 aliphatic rings. The molecule has 0 fully saturated rings. The van der Waals surface area contributed by atoms with Gasteiger partial charge in [0.15, 0.2) is 0 Å². The van der Waals surface area contributed by atoms with Crippen molar-refractivity contribution in [2.45, 2.75) is 39.2 Å². The third-order valence-corrected chi connectivity index (χ3v) is 4.31. The summed E-state index contributed by atoms with van der Waals surface area (Å²) in [7, 11) is 0. The minimum atomic E-state index is -0.497. The SMILES string of the molecule is CCOC(CC)(CC)c1noc(-c2cc(N)ccc2Br)n1. The first-order valence-electron chi connectivity index (χ1n) is 7.09. The zero-order valence-corrected chi connectivity index (χ0v) is 14.1. The lowest BCUT2D eigenvalue weighted by Crippen LogP contribution is -2.29. The quantitative estimate of drug-likeness (QED) is 0.790. The molecule has 1 aromatic heterocycles. The maximum atomic E-state index is 5.90. The molecule has 0 amide bonds. The number of anilines is 1. The van der Waals surface area contributed by atoms with Crippen LogP contribution in [0.25, 0.3) is 11.5 Å². The Morgan fingerprint density at radius 3 is 2.62 bits per heavy atom. The number of aromatic nitrogens is 2. The summed E-state index contributed by atoms with van der Waals surface area (Å²) in [5.74, 6) is 1.02. The second kappa shape index (κ2) is 6.58. The minimum absolute atomic E-state index is 0.440. The number of ether oxygens (including phenoxy) is 1. The Morgan fingerprint density at radius 2 is 2.00 bits per heavy atom. The first-order valence-corrected chi connectivity index (χ1v) is 7.89. The highest BCUT2D eigenvalue weighted by molar-refractivity contribution is 9.10. The second-order valence-electron chi connectivity index (χ2n) is 4.80. The zero-order valence-electron chi connectivity index (χ0n) is 12.5. The summed E-state index contributed by atoms with van der Waals surface area (Å²) in [5.41, 5.74) is 6.76. The lowest BCUT2D eigenvalue weighted by atomic mass is 9.96. The predicted molar refractivity (Wildman–Crippen MR) is 85.7 cm³/mol. The van der Waals surface area contributed by atoms with Crippen molar-refractivity contribution in [3.8, 4) is 11.5 Å². The van der Waals surface area contributed by atoms with Gasteiger partial charge in [0.2, 0.25) is 5.82 Å². The Bertz CT molecular complexity index is 609. The van der Waals surface area contributed by atoms with Gasteiger partial charge in [0.25, 0.3) is 5.89 Å². The average Bonchev–Trinajstić information content (AvgIpc) is 2.97. The van der Waals surface area contributed by atoms with Gasteiger partial charge in [-0.2, -0.15) is 4.98 Å². The van der Waals surface area contributed by atoms with Gasteiger partial charge in [-0.25, -0.2) is 0 Å². The molecule has 0 unspecified atom stereocenters. The third-order valence-electron chi connectivity index (χ3n) is 3.62. The van der Waals surface area contributed by atoms with Crippen LogP contribution in [-0.2, 0) is 10.3 Å². The van der Waals surface area contributed by atoms with Crippen molar-refractivity contribution in [2.24, 2.45) is 0 Å². The van der Waals surface area contributed by atoms with E-state index in [0.717, 1.165) is 22.9 Å². The van der Waals surface area contributed by atoms with Crippen molar-refractivity contribution >= 4 is 21.6 Å². The summed E-state index contributed by atoms with van der Waals surface area (Å²) < 4.78 is 12.2. The number of hydrogen-bond donors (Lipinski definition) is 1. The monoisotopic (exact) mass is 353 g/mol. The lowest BCUT2D eigenvalue weighted by molar-refractivity contribution is -0.0583. The van der Waals surface area contributed by atoms with Crippen LogP contribution in [0.15, 0.2) is 27.2 Å². The Hall–Kier alpha value is -1.40. The highest BCUT2D eigenvalue weighted by atomic mass is 79.9. The highest BCUT2D eigenvalue weighted by Gasteiger charge is 2.34. The van der Waals surface area contributed by atoms with Gasteiger partial charge in [-0.15, -0.1) is 0 Å². The van der Waals surface area contributed by atoms with Crippen molar-refractivity contribution in [1.29, 1.82) is 0 Å². The van der Waals surface area contributed by atoms with Crippen LogP contribution in [0.2, 0.25) is 0 Å². The van der Waals surface area contributed by atoms with E-state index in [4.69, 9.17) is 15.0 Å². The van der Waals surface area contributed by atoms with Gasteiger partial charge in [-0.3, -0.25) is 0 Å². The van der Waals surface area contributed by atoms with Gasteiger partial charge in [0.05, 0.1) is 5.56 Å². The normalized spacial score (nSPS) is 11.8. The Labute approximate surface area is 133 Å². The first-order chi connectivity index (χ1) is 10.1. The second-order valence-corrected chi connectivity index (χ2v) is 5.65. The number of nitrogen functional groups attached to an aromatic ring is 1. The molecule has 0 saturated heterocycles. The van der Waals surface area contributed by atoms with E-state index in [1.807, 2.05) is 25.1 Å². The molecule has 114 valence electrons. The molecule has 1 heterocycles. The number of nitrogens with two attached hydrogens (primary N) is 1. The van der Waals surface area contributed by atoms with Crippen LogP contribution in [0.1, 0.15) is 39.4 Å². The van der Waals surface area contributed by atoms with Gasteiger partial charge in [-0.1, -0.05) is 19.0 Å². The Balaban J connectivity index is 2.43. The van der Waals surface area contributed by atoms with Crippen molar-refractivity contribution < 1.29 is 9.26 Å². The fraction of sp³-hybridized carbons (Fsp3) is 0.467. The molecule has 0 radical (unpaired) electrons. The average molecular weight is 354 g/mol. The topological polar surface area (TPSA) is 74.2 Å². The van der Waals surface area contributed by atoms with Gasteiger partial charge in [0, 0.05) is 16.8 Å². The molecular weight excluding hydrogens is 334 g/mol. The fourth-order valence-corrected chi connectivity index (χ4v) is 2.75. The van der Waals surface area contributed by atoms with Crippen LogP contribution >= 0.6 is 15.9 Å². The van der Waals surface area contributed by atoms with E-state index in [1.54, 1.807) is 0 Å². The number of rotatable bonds is 6. The first kappa shape index (κ1) is 16.0. The molecule has 0 aliphatic carbocycles. The largest absolute Gasteiger partial charge is 0.399 e. The highest BCUT2D eigenvalue weighted by Crippen LogP contribution is 2.34. The molecule has 0 aliphatic heterocycles. The Morgan fingerprint density at radius 1 is 1.29 bits per heavy atom. The molecule has 2 rings (SSSR count). The summed E-state index contributed by atoms with van der Waals surface area (Å²) in [4.78, 5) is 4.53. The number of halogens is 1. The van der Waals surface area contributed by atoms with Gasteiger partial charge in [-0.05, 0) is 53.9 Å². The lowest BCUT2D eigenvalue weighted by Gasteiger charge is -2.27. The molecular formula is C15H20BrN3O2. The molecule has 0 bridgehead atoms. The van der Waals surface area contributed by atoms with E-state index in [-0.39, 0.29) is 0 Å². The fourth-order valence-electron chi connectivity index (χ4n) is 2.34. The Kier molecular flexibility index (Phi) is 5.00. The van der Waals surface area contributed by atoms with Crippen molar-refractivity contribution in [3.05, 3.63) is 28.5 Å². The number of benzene rings is 1. The van der Waals surface area contributed by atoms with Crippen LogP contribution in [0.5, 0.6) is 0 Å². The summed E-state index contributed by atoms with van der Waals surface area (Å²) in [6.07, 6.45) is 1.57. The minimum Gasteiger partial charge on any atom is -0.399 e. The van der Waals surface area contributed by atoms with Crippen LogP contribution in [0.4, 0.5) is 5.69 Å².